The Morgan fingerprint density at radius 1 is 1.19 bits per heavy atom. The van der Waals surface area contributed by atoms with E-state index in [1.165, 1.54) is 16.3 Å². The van der Waals surface area contributed by atoms with Crippen molar-refractivity contribution in [1.29, 1.82) is 0 Å². The summed E-state index contributed by atoms with van der Waals surface area (Å²) in [7, 11) is 4.81. The molecule has 2 aliphatic rings. The lowest BCUT2D eigenvalue weighted by molar-refractivity contribution is -0.149. The third-order valence-corrected chi connectivity index (χ3v) is 7.20. The van der Waals surface area contributed by atoms with Crippen LogP contribution in [0.3, 0.4) is 0 Å². The molecule has 3 amide bonds. The molecule has 1 aliphatic carbocycles. The smallest absolute Gasteiger partial charge is 0.272 e. The normalized spacial score (nSPS) is 21.9. The van der Waals surface area contributed by atoms with Crippen LogP contribution in [0.15, 0.2) is 35.1 Å². The molecule has 1 atom stereocenters. The van der Waals surface area contributed by atoms with Crippen molar-refractivity contribution in [3.05, 3.63) is 35.5 Å². The minimum absolute atomic E-state index is 0.122. The number of nitrogens with one attached hydrogen (secondary N) is 2. The van der Waals surface area contributed by atoms with Gasteiger partial charge >= 0.3 is 0 Å². The largest absolute Gasteiger partial charge is 0.497 e. The molecule has 2 fully saturated rings. The topological polar surface area (TPSA) is 113 Å². The fourth-order valence-corrected chi connectivity index (χ4v) is 4.72. The number of methoxy groups -OCH3 is 2. The number of nitrogens with zero attached hydrogens (tertiary/aromatic N) is 3. The van der Waals surface area contributed by atoms with E-state index < -0.39 is 11.4 Å². The number of ether oxygens (including phenoxy) is 2. The average Bonchev–Trinajstić information content (AvgIpc) is 2.91. The van der Waals surface area contributed by atoms with Gasteiger partial charge in [0, 0.05) is 25.7 Å². The van der Waals surface area contributed by atoms with E-state index in [0.717, 1.165) is 37.5 Å². The number of likely N-dealkylation sites (N-methyl/N-ethyl adjacent to an activating group) is 1. The minimum Gasteiger partial charge on any atom is -0.497 e. The first kappa shape index (κ1) is 28.0. The van der Waals surface area contributed by atoms with Crippen LogP contribution >= 0.6 is 0 Å². The molecule has 37 heavy (non-hydrogen) atoms. The molecule has 1 aliphatic heterocycles. The Labute approximate surface area is 219 Å². The van der Waals surface area contributed by atoms with Crippen LogP contribution in [0.2, 0.25) is 0 Å². The van der Waals surface area contributed by atoms with Crippen LogP contribution in [0.25, 0.3) is 0 Å². The summed E-state index contributed by atoms with van der Waals surface area (Å²) in [6.07, 6.45) is 8.61. The molecule has 0 spiro atoms. The quantitative estimate of drug-likeness (QED) is 0.387. The van der Waals surface area contributed by atoms with Crippen molar-refractivity contribution in [2.75, 3.05) is 34.4 Å². The third-order valence-electron chi connectivity index (χ3n) is 7.20. The van der Waals surface area contributed by atoms with Crippen molar-refractivity contribution in [3.8, 4) is 11.5 Å². The molecule has 1 aromatic carbocycles. The van der Waals surface area contributed by atoms with E-state index >= 15 is 0 Å². The SMILES string of the molecule is C/C=C1/C(=O)N(C)C(C)(C(=O)NC2CCCCC2)CN1/N=C/C(=O)NCCc1ccc(OC)cc1OC. The van der Waals surface area contributed by atoms with Crippen LogP contribution in [0, 0.1) is 0 Å². The summed E-state index contributed by atoms with van der Waals surface area (Å²) in [6, 6.07) is 5.65. The highest BCUT2D eigenvalue weighted by Gasteiger charge is 2.48. The molecule has 202 valence electrons. The van der Waals surface area contributed by atoms with Gasteiger partial charge in [-0.3, -0.25) is 19.4 Å². The number of carbonyl (C=O) groups excluding carboxylic acids is 3. The molecule has 0 aromatic heterocycles. The summed E-state index contributed by atoms with van der Waals surface area (Å²) >= 11 is 0. The monoisotopic (exact) mass is 513 g/mol. The van der Waals surface area contributed by atoms with Gasteiger partial charge in [0.05, 0.1) is 20.8 Å². The summed E-state index contributed by atoms with van der Waals surface area (Å²) in [6.45, 7) is 3.98. The van der Waals surface area contributed by atoms with Crippen LogP contribution in [0.4, 0.5) is 0 Å². The summed E-state index contributed by atoms with van der Waals surface area (Å²) in [4.78, 5) is 40.4. The first-order chi connectivity index (χ1) is 17.7. The highest BCUT2D eigenvalue weighted by Crippen LogP contribution is 2.28. The van der Waals surface area contributed by atoms with Crippen molar-refractivity contribution < 1.29 is 23.9 Å². The van der Waals surface area contributed by atoms with Gasteiger partial charge in [0.15, 0.2) is 0 Å². The number of hydrogen-bond acceptors (Lipinski definition) is 7. The predicted molar refractivity (Wildman–Crippen MR) is 141 cm³/mol. The maximum atomic E-state index is 13.3. The van der Waals surface area contributed by atoms with Gasteiger partial charge in [0.1, 0.15) is 28.9 Å². The summed E-state index contributed by atoms with van der Waals surface area (Å²) in [5.74, 6) is 0.449. The van der Waals surface area contributed by atoms with Crippen molar-refractivity contribution in [1.82, 2.24) is 20.5 Å². The fourth-order valence-electron chi connectivity index (χ4n) is 4.72. The molecule has 1 aromatic rings. The van der Waals surface area contributed by atoms with E-state index in [1.54, 1.807) is 47.3 Å². The summed E-state index contributed by atoms with van der Waals surface area (Å²) in [5.41, 5.74) is 0.123. The lowest BCUT2D eigenvalue weighted by atomic mass is 9.91. The van der Waals surface area contributed by atoms with Crippen LogP contribution < -0.4 is 20.1 Å². The van der Waals surface area contributed by atoms with Gasteiger partial charge in [0.2, 0.25) is 5.91 Å². The third kappa shape index (κ3) is 6.61. The van der Waals surface area contributed by atoms with Gasteiger partial charge in [-0.2, -0.15) is 5.10 Å². The molecule has 0 bridgehead atoms. The standard InChI is InChI=1S/C27H39N5O5/c1-6-22-25(34)31(3)27(2,26(35)30-20-10-8-7-9-11-20)18-32(22)29-17-24(33)28-15-14-19-12-13-21(36-4)16-23(19)37-5/h6,12-13,16-17,20H,7-11,14-15,18H2,1-5H3,(H,28,33)(H,30,35)/b22-6-,29-17+. The van der Waals surface area contributed by atoms with Crippen molar-refractivity contribution in [2.24, 2.45) is 5.10 Å². The first-order valence-electron chi connectivity index (χ1n) is 12.8. The predicted octanol–water partition coefficient (Wildman–Crippen LogP) is 2.23. The number of carbonyl (C=O) groups is 3. The Bertz CT molecular complexity index is 1050. The first-order valence-corrected chi connectivity index (χ1v) is 12.8. The van der Waals surface area contributed by atoms with Crippen molar-refractivity contribution >= 4 is 23.9 Å². The molecule has 1 unspecified atom stereocenters. The van der Waals surface area contributed by atoms with E-state index in [4.69, 9.17) is 9.47 Å². The molecular formula is C27H39N5O5. The van der Waals surface area contributed by atoms with Crippen molar-refractivity contribution in [3.63, 3.8) is 0 Å². The molecule has 1 saturated carbocycles. The van der Waals surface area contributed by atoms with Gasteiger partial charge in [-0.05, 0) is 44.7 Å². The maximum absolute atomic E-state index is 13.3. The van der Waals surface area contributed by atoms with Gasteiger partial charge in [-0.15, -0.1) is 0 Å². The van der Waals surface area contributed by atoms with E-state index in [1.807, 2.05) is 12.1 Å². The second kappa shape index (κ2) is 12.6. The number of hydrogen-bond donors (Lipinski definition) is 2. The summed E-state index contributed by atoms with van der Waals surface area (Å²) < 4.78 is 10.6. The highest BCUT2D eigenvalue weighted by molar-refractivity contribution is 6.26. The van der Waals surface area contributed by atoms with Gasteiger partial charge < -0.3 is 25.0 Å². The lowest BCUT2D eigenvalue weighted by Gasteiger charge is -2.46. The van der Waals surface area contributed by atoms with Gasteiger partial charge in [0.25, 0.3) is 11.8 Å². The van der Waals surface area contributed by atoms with Crippen LogP contribution in [-0.4, -0.2) is 79.8 Å². The van der Waals surface area contributed by atoms with Gasteiger partial charge in [-0.1, -0.05) is 31.4 Å². The average molecular weight is 514 g/mol. The molecular weight excluding hydrogens is 474 g/mol. The second-order valence-electron chi connectivity index (χ2n) is 9.64. The highest BCUT2D eigenvalue weighted by atomic mass is 16.5. The Morgan fingerprint density at radius 3 is 2.57 bits per heavy atom. The molecule has 10 heteroatoms. The number of piperazine rings is 1. The number of amides is 3. The van der Waals surface area contributed by atoms with E-state index in [-0.39, 0.29) is 24.4 Å². The summed E-state index contributed by atoms with van der Waals surface area (Å²) in [5, 5.41) is 11.7. The Hall–Kier alpha value is -3.56. The zero-order chi connectivity index (χ0) is 27.0. The lowest BCUT2D eigenvalue weighted by Crippen LogP contribution is -2.67. The molecule has 1 saturated heterocycles. The van der Waals surface area contributed by atoms with Gasteiger partial charge in [-0.25, -0.2) is 0 Å². The number of benzene rings is 1. The molecule has 2 N–H and O–H groups in total. The van der Waals surface area contributed by atoms with Crippen LogP contribution in [0.5, 0.6) is 11.5 Å². The fraction of sp³-hybridized carbons (Fsp3) is 0.556. The number of rotatable bonds is 9. The number of allylic oxidation sites excluding steroid dienone is 1. The molecule has 3 rings (SSSR count). The Balaban J connectivity index is 1.63. The number of hydrazone groups is 1. The van der Waals surface area contributed by atoms with E-state index in [0.29, 0.717) is 30.2 Å². The van der Waals surface area contributed by atoms with E-state index in [9.17, 15) is 14.4 Å². The van der Waals surface area contributed by atoms with Crippen LogP contribution in [0.1, 0.15) is 51.5 Å². The van der Waals surface area contributed by atoms with E-state index in [2.05, 4.69) is 15.7 Å². The zero-order valence-electron chi connectivity index (χ0n) is 22.5. The zero-order valence-corrected chi connectivity index (χ0v) is 22.5. The Kier molecular flexibility index (Phi) is 9.54. The maximum Gasteiger partial charge on any atom is 0.272 e. The minimum atomic E-state index is -1.13. The molecule has 0 radical (unpaired) electrons. The molecule has 10 nitrogen and oxygen atoms in total. The second-order valence-corrected chi connectivity index (χ2v) is 9.64. The van der Waals surface area contributed by atoms with Crippen molar-refractivity contribution in [2.45, 2.75) is 64.0 Å². The molecule has 1 heterocycles. The Morgan fingerprint density at radius 2 is 1.92 bits per heavy atom. The van der Waals surface area contributed by atoms with Crippen LogP contribution in [-0.2, 0) is 20.8 Å².